The van der Waals surface area contributed by atoms with Crippen molar-refractivity contribution in [2.75, 3.05) is 39.4 Å². The van der Waals surface area contributed by atoms with Crippen LogP contribution in [0.25, 0.3) is 10.9 Å². The van der Waals surface area contributed by atoms with Crippen molar-refractivity contribution in [2.24, 2.45) is 13.0 Å². The molecule has 1 N–H and O–H groups in total. The minimum absolute atomic E-state index is 0.00431. The highest BCUT2D eigenvalue weighted by Gasteiger charge is 2.36. The summed E-state index contributed by atoms with van der Waals surface area (Å²) in [5.74, 6) is -0.715. The number of nitrogens with zero attached hydrogens (tertiary/aromatic N) is 3. The quantitative estimate of drug-likeness (QED) is 0.888. The molecule has 2 aromatic rings. The second kappa shape index (κ2) is 6.74. The second-order valence-electron chi connectivity index (χ2n) is 7.30. The number of carboxylic acids is 1. The number of amides is 1. The summed E-state index contributed by atoms with van der Waals surface area (Å²) >= 11 is 0. The van der Waals surface area contributed by atoms with Gasteiger partial charge in [-0.1, -0.05) is 6.07 Å². The number of benzene rings is 1. The molecule has 2 atom stereocenters. The first-order valence-corrected chi connectivity index (χ1v) is 8.89. The summed E-state index contributed by atoms with van der Waals surface area (Å²) in [6.45, 7) is 2.79. The molecule has 1 aromatic heterocycles. The number of aryl methyl sites for hydroxylation is 1. The molecule has 0 radical (unpaired) electrons. The Morgan fingerprint density at radius 3 is 2.85 bits per heavy atom. The van der Waals surface area contributed by atoms with E-state index in [0.29, 0.717) is 38.4 Å². The highest BCUT2D eigenvalue weighted by molar-refractivity contribution is 5.98. The van der Waals surface area contributed by atoms with Crippen molar-refractivity contribution in [3.05, 3.63) is 36.0 Å². The molecule has 1 amide bonds. The molecule has 7 heteroatoms. The molecule has 2 aliphatic heterocycles. The van der Waals surface area contributed by atoms with Crippen molar-refractivity contribution >= 4 is 22.8 Å². The number of hydrogen-bond acceptors (Lipinski definition) is 4. The minimum atomic E-state index is -0.835. The molecule has 7 nitrogen and oxygen atoms in total. The van der Waals surface area contributed by atoms with Crippen molar-refractivity contribution in [2.45, 2.75) is 6.04 Å². The Morgan fingerprint density at radius 2 is 2.04 bits per heavy atom. The van der Waals surface area contributed by atoms with E-state index < -0.39 is 5.97 Å². The van der Waals surface area contributed by atoms with E-state index in [1.807, 2.05) is 51.9 Å². The van der Waals surface area contributed by atoms with Crippen LogP contribution in [-0.4, -0.2) is 76.8 Å². The monoisotopic (exact) mass is 357 g/mol. The lowest BCUT2D eigenvalue weighted by atomic mass is 10.1. The van der Waals surface area contributed by atoms with Crippen LogP contribution in [-0.2, 0) is 16.6 Å². The number of carbonyl (C=O) groups is 2. The van der Waals surface area contributed by atoms with E-state index in [1.165, 1.54) is 0 Å². The molecule has 138 valence electrons. The SMILES string of the molecule is Cn1ccc2ccc(C(=O)N3C[C@H]4COC[C@@H]3CN(CC(=O)O)C4)cc21. The van der Waals surface area contributed by atoms with E-state index in [0.717, 1.165) is 10.9 Å². The third kappa shape index (κ3) is 3.20. The Balaban J connectivity index is 1.61. The average Bonchev–Trinajstić information content (AvgIpc) is 2.76. The fraction of sp³-hybridized carbons (Fsp3) is 0.474. The van der Waals surface area contributed by atoms with E-state index in [4.69, 9.17) is 9.84 Å². The Morgan fingerprint density at radius 1 is 1.19 bits per heavy atom. The zero-order valence-corrected chi connectivity index (χ0v) is 14.8. The van der Waals surface area contributed by atoms with Crippen LogP contribution in [0.15, 0.2) is 30.5 Å². The fourth-order valence-electron chi connectivity index (χ4n) is 4.07. The molecule has 2 aliphatic rings. The summed E-state index contributed by atoms with van der Waals surface area (Å²) in [7, 11) is 1.97. The summed E-state index contributed by atoms with van der Waals surface area (Å²) in [4.78, 5) is 28.1. The van der Waals surface area contributed by atoms with Gasteiger partial charge in [-0.25, -0.2) is 0 Å². The van der Waals surface area contributed by atoms with Gasteiger partial charge in [0.2, 0.25) is 0 Å². The maximum atomic E-state index is 13.2. The molecule has 3 heterocycles. The Bertz CT molecular complexity index is 846. The van der Waals surface area contributed by atoms with Crippen molar-refractivity contribution in [1.29, 1.82) is 0 Å². The molecule has 0 aliphatic carbocycles. The molecular formula is C19H23N3O4. The van der Waals surface area contributed by atoms with Crippen molar-refractivity contribution in [3.8, 4) is 0 Å². The lowest BCUT2D eigenvalue weighted by Gasteiger charge is -2.30. The molecule has 0 unspecified atom stereocenters. The molecule has 2 bridgehead atoms. The van der Waals surface area contributed by atoms with Crippen LogP contribution in [0.1, 0.15) is 10.4 Å². The number of ether oxygens (including phenoxy) is 1. The zero-order valence-electron chi connectivity index (χ0n) is 14.8. The van der Waals surface area contributed by atoms with E-state index in [1.54, 1.807) is 0 Å². The minimum Gasteiger partial charge on any atom is -0.480 e. The van der Waals surface area contributed by atoms with Crippen LogP contribution in [0.2, 0.25) is 0 Å². The highest BCUT2D eigenvalue weighted by Crippen LogP contribution is 2.23. The molecule has 2 fully saturated rings. The number of carboxylic acid groups (broad SMARTS) is 1. The zero-order chi connectivity index (χ0) is 18.3. The van der Waals surface area contributed by atoms with Gasteiger partial charge >= 0.3 is 5.97 Å². The van der Waals surface area contributed by atoms with Crippen molar-refractivity contribution < 1.29 is 19.4 Å². The van der Waals surface area contributed by atoms with Gasteiger partial charge in [0.1, 0.15) is 0 Å². The smallest absolute Gasteiger partial charge is 0.317 e. The topological polar surface area (TPSA) is 75.0 Å². The van der Waals surface area contributed by atoms with Crippen LogP contribution < -0.4 is 0 Å². The maximum Gasteiger partial charge on any atom is 0.317 e. The van der Waals surface area contributed by atoms with E-state index in [-0.39, 0.29) is 24.4 Å². The molecule has 2 saturated heterocycles. The molecule has 1 aromatic carbocycles. The van der Waals surface area contributed by atoms with Gasteiger partial charge in [0.05, 0.1) is 25.8 Å². The molecular weight excluding hydrogens is 334 g/mol. The molecule has 4 rings (SSSR count). The first-order valence-electron chi connectivity index (χ1n) is 8.89. The number of fused-ring (bicyclic) bond motifs is 4. The number of hydrogen-bond donors (Lipinski definition) is 1. The van der Waals surface area contributed by atoms with Gasteiger partial charge in [0, 0.05) is 49.9 Å². The molecule has 26 heavy (non-hydrogen) atoms. The van der Waals surface area contributed by atoms with Gasteiger partial charge in [-0.3, -0.25) is 14.5 Å². The van der Waals surface area contributed by atoms with E-state index in [2.05, 4.69) is 0 Å². The summed E-state index contributed by atoms with van der Waals surface area (Å²) in [6.07, 6.45) is 1.98. The van der Waals surface area contributed by atoms with E-state index >= 15 is 0 Å². The number of aromatic nitrogens is 1. The van der Waals surface area contributed by atoms with Gasteiger partial charge in [-0.05, 0) is 23.6 Å². The lowest BCUT2D eigenvalue weighted by Crippen LogP contribution is -2.47. The standard InChI is InChI=1S/C19H23N3O4/c1-20-5-4-14-2-3-15(6-17(14)20)19(25)22-8-13-7-21(10-18(23)24)9-16(22)12-26-11-13/h2-6,13,16H,7-12H2,1H3,(H,23,24)/t13-,16-/m0/s1. The van der Waals surface area contributed by atoms with Crippen molar-refractivity contribution in [1.82, 2.24) is 14.4 Å². The van der Waals surface area contributed by atoms with Crippen LogP contribution in [0.5, 0.6) is 0 Å². The van der Waals surface area contributed by atoms with Crippen LogP contribution in [0.4, 0.5) is 0 Å². The summed E-state index contributed by atoms with van der Waals surface area (Å²) in [5.41, 5.74) is 1.69. The summed E-state index contributed by atoms with van der Waals surface area (Å²) in [5, 5.41) is 10.2. The van der Waals surface area contributed by atoms with Gasteiger partial charge in [-0.2, -0.15) is 0 Å². The number of rotatable bonds is 3. The first kappa shape index (κ1) is 17.1. The van der Waals surface area contributed by atoms with Gasteiger partial charge < -0.3 is 19.3 Å². The normalized spacial score (nSPS) is 23.8. The molecule has 0 saturated carbocycles. The fourth-order valence-corrected chi connectivity index (χ4v) is 4.07. The van der Waals surface area contributed by atoms with Crippen LogP contribution in [0, 0.1) is 5.92 Å². The molecule has 0 spiro atoms. The Labute approximate surface area is 151 Å². The number of aliphatic carboxylic acids is 1. The van der Waals surface area contributed by atoms with Gasteiger partial charge in [-0.15, -0.1) is 0 Å². The predicted molar refractivity (Wildman–Crippen MR) is 96.1 cm³/mol. The van der Waals surface area contributed by atoms with Gasteiger partial charge in [0.25, 0.3) is 5.91 Å². The third-order valence-electron chi connectivity index (χ3n) is 5.30. The Kier molecular flexibility index (Phi) is 4.42. The van der Waals surface area contributed by atoms with Crippen LogP contribution in [0.3, 0.4) is 0 Å². The van der Waals surface area contributed by atoms with Crippen molar-refractivity contribution in [3.63, 3.8) is 0 Å². The first-order chi connectivity index (χ1) is 12.5. The highest BCUT2D eigenvalue weighted by atomic mass is 16.5. The van der Waals surface area contributed by atoms with Crippen LogP contribution >= 0.6 is 0 Å². The predicted octanol–water partition coefficient (Wildman–Crippen LogP) is 1.04. The number of carbonyl (C=O) groups excluding carboxylic acids is 1. The maximum absolute atomic E-state index is 13.2. The third-order valence-corrected chi connectivity index (χ3v) is 5.30. The average molecular weight is 357 g/mol. The lowest BCUT2D eigenvalue weighted by molar-refractivity contribution is -0.138. The Hall–Kier alpha value is -2.38. The summed E-state index contributed by atoms with van der Waals surface area (Å²) < 4.78 is 7.74. The largest absolute Gasteiger partial charge is 0.480 e. The van der Waals surface area contributed by atoms with Gasteiger partial charge in [0.15, 0.2) is 0 Å². The second-order valence-corrected chi connectivity index (χ2v) is 7.30. The summed E-state index contributed by atoms with van der Waals surface area (Å²) in [6, 6.07) is 7.68. The van der Waals surface area contributed by atoms with E-state index in [9.17, 15) is 9.59 Å².